The van der Waals surface area contributed by atoms with E-state index < -0.39 is 12.0 Å². The molecule has 0 saturated carbocycles. The lowest BCUT2D eigenvalue weighted by atomic mass is 9.96. The third-order valence-corrected chi connectivity index (χ3v) is 8.59. The second-order valence-electron chi connectivity index (χ2n) is 9.37. The first-order valence-corrected chi connectivity index (χ1v) is 15.4. The van der Waals surface area contributed by atoms with E-state index in [-0.39, 0.29) is 12.2 Å². The van der Waals surface area contributed by atoms with Gasteiger partial charge in [0.05, 0.1) is 39.5 Å². The van der Waals surface area contributed by atoms with Gasteiger partial charge in [-0.25, -0.2) is 9.79 Å². The molecule has 1 aliphatic heterocycles. The van der Waals surface area contributed by atoms with Crippen molar-refractivity contribution in [3.05, 3.63) is 124 Å². The standard InChI is InChI=1S/C32H28BrClN2O5S/c1-4-39-23-13-11-21(12-14-23)29-28(31(38)40-5-2)19(3)35-32-36(29)30(37)27(42-32)17-20-10-15-26(24(33)16-20)41-18-22-8-6-7-9-25(22)34/h6-17,29H,4-5,18H2,1-3H3/b27-17-/t29-/m1/s1. The number of rotatable bonds is 9. The molecule has 7 nitrogen and oxygen atoms in total. The number of hydrogen-bond acceptors (Lipinski definition) is 7. The van der Waals surface area contributed by atoms with Crippen molar-refractivity contribution >= 4 is 50.9 Å². The maximum absolute atomic E-state index is 13.9. The van der Waals surface area contributed by atoms with Gasteiger partial charge in [0, 0.05) is 10.6 Å². The maximum atomic E-state index is 13.9. The first-order valence-electron chi connectivity index (χ1n) is 13.4. The molecule has 0 radical (unpaired) electrons. The first-order chi connectivity index (χ1) is 20.3. The van der Waals surface area contributed by atoms with Crippen LogP contribution in [0, 0.1) is 0 Å². The van der Waals surface area contributed by atoms with Crippen molar-refractivity contribution in [2.24, 2.45) is 4.99 Å². The van der Waals surface area contributed by atoms with Crippen LogP contribution in [-0.2, 0) is 16.1 Å². The van der Waals surface area contributed by atoms with Gasteiger partial charge in [0.1, 0.15) is 18.1 Å². The van der Waals surface area contributed by atoms with E-state index in [0.29, 0.717) is 50.3 Å². The van der Waals surface area contributed by atoms with Crippen molar-refractivity contribution in [2.45, 2.75) is 33.4 Å². The molecule has 0 saturated heterocycles. The zero-order valence-corrected chi connectivity index (χ0v) is 26.4. The van der Waals surface area contributed by atoms with Crippen LogP contribution in [0.4, 0.5) is 0 Å². The predicted octanol–water partition coefficient (Wildman–Crippen LogP) is 6.19. The summed E-state index contributed by atoms with van der Waals surface area (Å²) in [5, 5.41) is 0.644. The summed E-state index contributed by atoms with van der Waals surface area (Å²) >= 11 is 11.1. The summed E-state index contributed by atoms with van der Waals surface area (Å²) < 4.78 is 19.7. The Morgan fingerprint density at radius 1 is 1.07 bits per heavy atom. The Bertz CT molecular complexity index is 1850. The van der Waals surface area contributed by atoms with Crippen molar-refractivity contribution < 1.29 is 19.0 Å². The third-order valence-electron chi connectivity index (χ3n) is 6.62. The normalized spacial score (nSPS) is 14.8. The number of ether oxygens (including phenoxy) is 3. The summed E-state index contributed by atoms with van der Waals surface area (Å²) in [6, 6.07) is 19.8. The molecule has 216 valence electrons. The van der Waals surface area contributed by atoms with Crippen LogP contribution in [0.3, 0.4) is 0 Å². The number of nitrogens with zero attached hydrogens (tertiary/aromatic N) is 2. The maximum Gasteiger partial charge on any atom is 0.338 e. The number of allylic oxidation sites excluding steroid dienone is 1. The highest BCUT2D eigenvalue weighted by atomic mass is 79.9. The minimum absolute atomic E-state index is 0.211. The molecule has 10 heteroatoms. The highest BCUT2D eigenvalue weighted by molar-refractivity contribution is 9.10. The zero-order valence-electron chi connectivity index (χ0n) is 23.2. The van der Waals surface area contributed by atoms with Crippen molar-refractivity contribution in [3.8, 4) is 11.5 Å². The number of halogens is 2. The first kappa shape index (κ1) is 29.8. The Kier molecular flexibility index (Phi) is 9.30. The lowest BCUT2D eigenvalue weighted by molar-refractivity contribution is -0.139. The fourth-order valence-corrected chi connectivity index (χ4v) is 6.41. The van der Waals surface area contributed by atoms with Crippen LogP contribution in [0.25, 0.3) is 6.08 Å². The van der Waals surface area contributed by atoms with Crippen molar-refractivity contribution in [1.29, 1.82) is 0 Å². The van der Waals surface area contributed by atoms with Gasteiger partial charge in [0.15, 0.2) is 4.80 Å². The van der Waals surface area contributed by atoms with Gasteiger partial charge in [0.2, 0.25) is 0 Å². The fourth-order valence-electron chi connectivity index (χ4n) is 4.67. The Hall–Kier alpha value is -3.66. The van der Waals surface area contributed by atoms with Gasteiger partial charge >= 0.3 is 5.97 Å². The highest BCUT2D eigenvalue weighted by Crippen LogP contribution is 2.32. The number of benzene rings is 3. The molecule has 3 aromatic carbocycles. The van der Waals surface area contributed by atoms with E-state index in [1.165, 1.54) is 11.3 Å². The average molecular weight is 668 g/mol. The molecular weight excluding hydrogens is 640 g/mol. The van der Waals surface area contributed by atoms with Crippen molar-refractivity contribution in [1.82, 2.24) is 4.57 Å². The number of esters is 1. The number of thiazole rings is 1. The molecule has 0 unspecified atom stereocenters. The van der Waals surface area contributed by atoms with Crippen LogP contribution in [0.15, 0.2) is 92.3 Å². The van der Waals surface area contributed by atoms with Crippen LogP contribution >= 0.6 is 38.9 Å². The number of aromatic nitrogens is 1. The largest absolute Gasteiger partial charge is 0.494 e. The molecule has 5 rings (SSSR count). The van der Waals surface area contributed by atoms with Crippen LogP contribution in [0.1, 0.15) is 43.5 Å². The molecule has 1 aromatic heterocycles. The molecule has 4 aromatic rings. The third kappa shape index (κ3) is 6.23. The smallest absolute Gasteiger partial charge is 0.338 e. The average Bonchev–Trinajstić information content (AvgIpc) is 3.27. The number of fused-ring (bicyclic) bond motifs is 1. The monoisotopic (exact) mass is 666 g/mol. The zero-order chi connectivity index (χ0) is 29.8. The molecule has 1 atom stereocenters. The van der Waals surface area contributed by atoms with Gasteiger partial charge in [-0.2, -0.15) is 0 Å². The van der Waals surface area contributed by atoms with E-state index in [0.717, 1.165) is 21.2 Å². The number of carbonyl (C=O) groups is 1. The Labute approximate surface area is 260 Å². The van der Waals surface area contributed by atoms with E-state index >= 15 is 0 Å². The van der Waals surface area contributed by atoms with Crippen LogP contribution < -0.4 is 24.4 Å². The molecule has 0 bridgehead atoms. The van der Waals surface area contributed by atoms with Gasteiger partial charge in [-0.3, -0.25) is 9.36 Å². The van der Waals surface area contributed by atoms with Crippen LogP contribution in [0.2, 0.25) is 5.02 Å². The van der Waals surface area contributed by atoms with E-state index in [4.69, 9.17) is 25.8 Å². The van der Waals surface area contributed by atoms with E-state index in [9.17, 15) is 9.59 Å². The molecule has 2 heterocycles. The van der Waals surface area contributed by atoms with Crippen molar-refractivity contribution in [3.63, 3.8) is 0 Å². The lowest BCUT2D eigenvalue weighted by Gasteiger charge is -2.24. The second kappa shape index (κ2) is 13.1. The summed E-state index contributed by atoms with van der Waals surface area (Å²) in [4.78, 5) is 32.1. The number of hydrogen-bond donors (Lipinski definition) is 0. The van der Waals surface area contributed by atoms with Crippen LogP contribution in [-0.4, -0.2) is 23.8 Å². The summed E-state index contributed by atoms with van der Waals surface area (Å²) in [6.45, 7) is 6.50. The summed E-state index contributed by atoms with van der Waals surface area (Å²) in [6.07, 6.45) is 1.81. The summed E-state index contributed by atoms with van der Waals surface area (Å²) in [7, 11) is 0. The van der Waals surface area contributed by atoms with Gasteiger partial charge < -0.3 is 14.2 Å². The Morgan fingerprint density at radius 3 is 2.52 bits per heavy atom. The quantitative estimate of drug-likeness (QED) is 0.199. The SMILES string of the molecule is CCOC(=O)C1=C(C)N=c2s/c(=C\c3ccc(OCc4ccccc4Cl)c(Br)c3)c(=O)n2[C@@H]1c1ccc(OCC)cc1. The molecule has 0 N–H and O–H groups in total. The lowest BCUT2D eigenvalue weighted by Crippen LogP contribution is -2.39. The molecule has 0 fully saturated rings. The highest BCUT2D eigenvalue weighted by Gasteiger charge is 2.33. The van der Waals surface area contributed by atoms with E-state index in [2.05, 4.69) is 20.9 Å². The minimum atomic E-state index is -0.689. The second-order valence-corrected chi connectivity index (χ2v) is 11.6. The van der Waals surface area contributed by atoms with Gasteiger partial charge in [-0.05, 0) is 84.2 Å². The Morgan fingerprint density at radius 2 is 1.83 bits per heavy atom. The van der Waals surface area contributed by atoms with Gasteiger partial charge in [-0.15, -0.1) is 0 Å². The summed E-state index contributed by atoms with van der Waals surface area (Å²) in [5.74, 6) is 0.860. The van der Waals surface area contributed by atoms with E-state index in [1.54, 1.807) is 18.4 Å². The fraction of sp³-hybridized carbons (Fsp3) is 0.219. The topological polar surface area (TPSA) is 79.1 Å². The molecule has 0 spiro atoms. The Balaban J connectivity index is 1.52. The molecule has 0 amide bonds. The molecular formula is C32H28BrClN2O5S. The minimum Gasteiger partial charge on any atom is -0.494 e. The van der Waals surface area contributed by atoms with E-state index in [1.807, 2.05) is 79.7 Å². The van der Waals surface area contributed by atoms with Gasteiger partial charge in [0.25, 0.3) is 5.56 Å². The molecule has 42 heavy (non-hydrogen) atoms. The molecule has 1 aliphatic rings. The predicted molar refractivity (Wildman–Crippen MR) is 168 cm³/mol. The number of carbonyl (C=O) groups excluding carboxylic acids is 1. The van der Waals surface area contributed by atoms with Crippen molar-refractivity contribution in [2.75, 3.05) is 13.2 Å². The van der Waals surface area contributed by atoms with Crippen LogP contribution in [0.5, 0.6) is 11.5 Å². The molecule has 0 aliphatic carbocycles. The van der Waals surface area contributed by atoms with Gasteiger partial charge in [-0.1, -0.05) is 59.3 Å². The summed E-state index contributed by atoms with van der Waals surface area (Å²) in [5.41, 5.74) is 3.05.